The molecule has 0 spiro atoms. The minimum Gasteiger partial charge on any atom is -0.352 e. The third-order valence-electron chi connectivity index (χ3n) is 6.47. The van der Waals surface area contributed by atoms with E-state index in [0.717, 1.165) is 37.7 Å². The van der Waals surface area contributed by atoms with Gasteiger partial charge in [0.25, 0.3) is 0 Å². The fourth-order valence-corrected chi connectivity index (χ4v) is 4.98. The first-order chi connectivity index (χ1) is 12.1. The SMILES string of the molecule is Cc1nn(C)cc1CN1C[C@H](NC(=O)CC2CCCC2)[C@@H](C2CC2)C1.Cl. The molecule has 3 fully saturated rings. The van der Waals surface area contributed by atoms with E-state index >= 15 is 0 Å². The molecule has 2 atom stereocenters. The smallest absolute Gasteiger partial charge is 0.220 e. The monoisotopic (exact) mass is 380 g/mol. The highest BCUT2D eigenvalue weighted by Gasteiger charge is 2.43. The summed E-state index contributed by atoms with van der Waals surface area (Å²) in [6.45, 7) is 5.15. The van der Waals surface area contributed by atoms with E-state index in [1.54, 1.807) is 0 Å². The number of carbonyl (C=O) groups is 1. The summed E-state index contributed by atoms with van der Waals surface area (Å²) in [4.78, 5) is 15.0. The van der Waals surface area contributed by atoms with Crippen LogP contribution in [0.4, 0.5) is 0 Å². The molecule has 3 aliphatic rings. The minimum atomic E-state index is 0. The number of amides is 1. The molecule has 26 heavy (non-hydrogen) atoms. The van der Waals surface area contributed by atoms with E-state index in [9.17, 15) is 4.79 Å². The molecule has 6 heteroatoms. The Morgan fingerprint density at radius 1 is 1.23 bits per heavy atom. The maximum absolute atomic E-state index is 12.5. The number of hydrogen-bond donors (Lipinski definition) is 1. The summed E-state index contributed by atoms with van der Waals surface area (Å²) in [7, 11) is 1.99. The number of halogens is 1. The van der Waals surface area contributed by atoms with Crippen LogP contribution in [-0.2, 0) is 18.4 Å². The molecule has 5 nitrogen and oxygen atoms in total. The average molecular weight is 381 g/mol. The second-order valence-corrected chi connectivity index (χ2v) is 8.64. The topological polar surface area (TPSA) is 50.2 Å². The summed E-state index contributed by atoms with van der Waals surface area (Å²) in [5.74, 6) is 2.40. The van der Waals surface area contributed by atoms with E-state index in [4.69, 9.17) is 0 Å². The van der Waals surface area contributed by atoms with Gasteiger partial charge in [0, 0.05) is 50.9 Å². The molecule has 0 bridgehead atoms. The van der Waals surface area contributed by atoms with Crippen molar-refractivity contribution in [2.75, 3.05) is 13.1 Å². The fraction of sp³-hybridized carbons (Fsp3) is 0.800. The standard InChI is InChI=1S/C20H32N4O.ClH/c1-14-17(10-23(2)22-14)11-24-12-18(16-7-8-16)19(13-24)21-20(25)9-15-5-3-4-6-15;/h10,15-16,18-19H,3-9,11-13H2,1-2H3,(H,21,25);1H/t18-,19+;/m1./s1. The molecule has 2 aliphatic carbocycles. The normalized spacial score (nSPS) is 26.8. The van der Waals surface area contributed by atoms with E-state index in [1.807, 2.05) is 11.7 Å². The van der Waals surface area contributed by atoms with Gasteiger partial charge in [0.2, 0.25) is 5.91 Å². The van der Waals surface area contributed by atoms with Gasteiger partial charge < -0.3 is 5.32 Å². The number of nitrogens with zero attached hydrogens (tertiary/aromatic N) is 3. The van der Waals surface area contributed by atoms with Gasteiger partial charge in [0.1, 0.15) is 0 Å². The Bertz CT molecular complexity index is 621. The van der Waals surface area contributed by atoms with Crippen LogP contribution < -0.4 is 5.32 Å². The van der Waals surface area contributed by atoms with Crippen molar-refractivity contribution in [3.05, 3.63) is 17.5 Å². The maximum Gasteiger partial charge on any atom is 0.220 e. The van der Waals surface area contributed by atoms with E-state index in [1.165, 1.54) is 44.1 Å². The molecule has 1 aliphatic heterocycles. The number of likely N-dealkylation sites (tertiary alicyclic amines) is 1. The highest BCUT2D eigenvalue weighted by molar-refractivity contribution is 5.85. The van der Waals surface area contributed by atoms with E-state index < -0.39 is 0 Å². The van der Waals surface area contributed by atoms with Crippen LogP contribution in [0.3, 0.4) is 0 Å². The Morgan fingerprint density at radius 3 is 2.58 bits per heavy atom. The number of carbonyl (C=O) groups excluding carboxylic acids is 1. The molecule has 0 unspecified atom stereocenters. The summed E-state index contributed by atoms with van der Waals surface area (Å²) < 4.78 is 1.90. The largest absolute Gasteiger partial charge is 0.352 e. The van der Waals surface area contributed by atoms with Crippen molar-refractivity contribution in [1.29, 1.82) is 0 Å². The molecule has 1 N–H and O–H groups in total. The lowest BCUT2D eigenvalue weighted by atomic mass is 9.97. The van der Waals surface area contributed by atoms with Crippen LogP contribution in [0, 0.1) is 24.7 Å². The number of hydrogen-bond acceptors (Lipinski definition) is 3. The zero-order valence-electron chi connectivity index (χ0n) is 16.1. The van der Waals surface area contributed by atoms with Crippen LogP contribution in [0.15, 0.2) is 6.20 Å². The molecule has 146 valence electrons. The Labute approximate surface area is 163 Å². The van der Waals surface area contributed by atoms with Crippen molar-refractivity contribution in [1.82, 2.24) is 20.0 Å². The maximum atomic E-state index is 12.5. The third kappa shape index (κ3) is 4.61. The number of aryl methyl sites for hydroxylation is 2. The Balaban J connectivity index is 0.00000196. The predicted octanol–water partition coefficient (Wildman–Crippen LogP) is 3.06. The van der Waals surface area contributed by atoms with Gasteiger partial charge in [-0.1, -0.05) is 12.8 Å². The lowest BCUT2D eigenvalue weighted by Crippen LogP contribution is -2.41. The highest BCUT2D eigenvalue weighted by Crippen LogP contribution is 2.42. The Morgan fingerprint density at radius 2 is 1.96 bits per heavy atom. The quantitative estimate of drug-likeness (QED) is 0.825. The first kappa shape index (κ1) is 19.7. The first-order valence-corrected chi connectivity index (χ1v) is 10.1. The van der Waals surface area contributed by atoms with E-state index in [-0.39, 0.29) is 12.4 Å². The van der Waals surface area contributed by atoms with Crippen molar-refractivity contribution in [3.63, 3.8) is 0 Å². The predicted molar refractivity (Wildman–Crippen MR) is 105 cm³/mol. The van der Waals surface area contributed by atoms with Crippen molar-refractivity contribution in [2.45, 2.75) is 64.5 Å². The average Bonchev–Trinajstić information content (AvgIpc) is 2.98. The summed E-state index contributed by atoms with van der Waals surface area (Å²) in [5.41, 5.74) is 2.44. The van der Waals surface area contributed by atoms with Crippen LogP contribution in [-0.4, -0.2) is 39.7 Å². The lowest BCUT2D eigenvalue weighted by molar-refractivity contribution is -0.122. The molecule has 4 rings (SSSR count). The van der Waals surface area contributed by atoms with Gasteiger partial charge in [-0.25, -0.2) is 0 Å². The van der Waals surface area contributed by atoms with Crippen LogP contribution in [0.2, 0.25) is 0 Å². The summed E-state index contributed by atoms with van der Waals surface area (Å²) in [6, 6.07) is 0.346. The fourth-order valence-electron chi connectivity index (χ4n) is 4.98. The number of nitrogens with one attached hydrogen (secondary N) is 1. The van der Waals surface area contributed by atoms with Crippen molar-refractivity contribution >= 4 is 18.3 Å². The van der Waals surface area contributed by atoms with Gasteiger partial charge in [-0.05, 0) is 50.4 Å². The first-order valence-electron chi connectivity index (χ1n) is 10.1. The molecule has 0 aromatic carbocycles. The minimum absolute atomic E-state index is 0. The lowest BCUT2D eigenvalue weighted by Gasteiger charge is -2.20. The van der Waals surface area contributed by atoms with E-state index in [2.05, 4.69) is 28.4 Å². The summed E-state index contributed by atoms with van der Waals surface area (Å²) in [5, 5.41) is 7.88. The molecular weight excluding hydrogens is 348 g/mol. The van der Waals surface area contributed by atoms with E-state index in [0.29, 0.717) is 23.8 Å². The molecule has 1 aromatic heterocycles. The van der Waals surface area contributed by atoms with Gasteiger partial charge in [-0.2, -0.15) is 5.10 Å². The van der Waals surface area contributed by atoms with Gasteiger partial charge in [-0.15, -0.1) is 12.4 Å². The van der Waals surface area contributed by atoms with Crippen LogP contribution in [0.1, 0.15) is 56.2 Å². The van der Waals surface area contributed by atoms with Crippen molar-refractivity contribution in [3.8, 4) is 0 Å². The zero-order valence-corrected chi connectivity index (χ0v) is 16.9. The van der Waals surface area contributed by atoms with Gasteiger partial charge in [-0.3, -0.25) is 14.4 Å². The number of rotatable bonds is 6. The van der Waals surface area contributed by atoms with Crippen molar-refractivity contribution < 1.29 is 4.79 Å². The van der Waals surface area contributed by atoms with Crippen LogP contribution in [0.25, 0.3) is 0 Å². The highest BCUT2D eigenvalue weighted by atomic mass is 35.5. The van der Waals surface area contributed by atoms with Crippen LogP contribution in [0.5, 0.6) is 0 Å². The molecule has 1 amide bonds. The second-order valence-electron chi connectivity index (χ2n) is 8.64. The van der Waals surface area contributed by atoms with Crippen LogP contribution >= 0.6 is 12.4 Å². The molecule has 1 aromatic rings. The van der Waals surface area contributed by atoms with Gasteiger partial charge in [0.15, 0.2) is 0 Å². The van der Waals surface area contributed by atoms with Crippen molar-refractivity contribution in [2.24, 2.45) is 24.8 Å². The number of aromatic nitrogens is 2. The van der Waals surface area contributed by atoms with Gasteiger partial charge >= 0.3 is 0 Å². The third-order valence-corrected chi connectivity index (χ3v) is 6.47. The molecular formula is C20H33ClN4O. The summed E-state index contributed by atoms with van der Waals surface area (Å²) >= 11 is 0. The Hall–Kier alpha value is -1.07. The molecule has 2 heterocycles. The zero-order chi connectivity index (χ0) is 17.4. The van der Waals surface area contributed by atoms with Gasteiger partial charge in [0.05, 0.1) is 5.69 Å². The molecule has 1 saturated heterocycles. The Kier molecular flexibility index (Phi) is 6.29. The molecule has 2 saturated carbocycles. The molecule has 0 radical (unpaired) electrons. The second kappa shape index (κ2) is 8.30. The summed E-state index contributed by atoms with van der Waals surface area (Å²) in [6.07, 6.45) is 10.7.